The van der Waals surface area contributed by atoms with Crippen LogP contribution in [0.25, 0.3) is 17.1 Å². The van der Waals surface area contributed by atoms with E-state index in [9.17, 15) is 9.90 Å². The molecule has 1 N–H and O–H groups in total. The predicted molar refractivity (Wildman–Crippen MR) is 74.9 cm³/mol. The molecule has 0 atom stereocenters. The van der Waals surface area contributed by atoms with E-state index in [1.54, 1.807) is 29.1 Å². The normalized spacial score (nSPS) is 10.5. The molecule has 3 rings (SSSR count). The number of pyridine rings is 2. The topological polar surface area (TPSA) is 71.9 Å². The largest absolute Gasteiger partial charge is 0.478 e. The summed E-state index contributed by atoms with van der Waals surface area (Å²) in [4.78, 5) is 15.6. The van der Waals surface area contributed by atoms with Crippen molar-refractivity contribution in [1.29, 1.82) is 0 Å². The standard InChI is InChI=1S/C15H12N4O2/c1-18-8-5-11(6-9-18)19-10-12(15(20)21)14(17-19)13-4-2-3-7-16-13/h2-10H,1H3/p+1. The summed E-state index contributed by atoms with van der Waals surface area (Å²) in [5.41, 5.74) is 1.81. The highest BCUT2D eigenvalue weighted by Crippen LogP contribution is 2.21. The van der Waals surface area contributed by atoms with E-state index in [4.69, 9.17) is 0 Å². The lowest BCUT2D eigenvalue weighted by Crippen LogP contribution is -2.26. The third kappa shape index (κ3) is 2.51. The minimum atomic E-state index is -1.02. The van der Waals surface area contributed by atoms with Crippen molar-refractivity contribution in [2.75, 3.05) is 0 Å². The van der Waals surface area contributed by atoms with Crippen molar-refractivity contribution in [3.05, 3.63) is 60.7 Å². The van der Waals surface area contributed by atoms with Crippen LogP contribution in [0.2, 0.25) is 0 Å². The lowest BCUT2D eigenvalue weighted by atomic mass is 10.2. The van der Waals surface area contributed by atoms with Gasteiger partial charge in [0.25, 0.3) is 0 Å². The molecular weight excluding hydrogens is 268 g/mol. The Labute approximate surface area is 120 Å². The van der Waals surface area contributed by atoms with Crippen LogP contribution in [-0.4, -0.2) is 25.8 Å². The van der Waals surface area contributed by atoms with Crippen molar-refractivity contribution >= 4 is 5.97 Å². The van der Waals surface area contributed by atoms with Crippen LogP contribution >= 0.6 is 0 Å². The van der Waals surface area contributed by atoms with Crippen molar-refractivity contribution in [3.8, 4) is 17.1 Å². The number of hydrogen-bond acceptors (Lipinski definition) is 3. The van der Waals surface area contributed by atoms with E-state index in [0.29, 0.717) is 11.4 Å². The van der Waals surface area contributed by atoms with E-state index in [0.717, 1.165) is 5.69 Å². The third-order valence-corrected chi connectivity index (χ3v) is 3.08. The van der Waals surface area contributed by atoms with Gasteiger partial charge in [0.15, 0.2) is 12.4 Å². The number of aromatic nitrogens is 4. The van der Waals surface area contributed by atoms with Gasteiger partial charge in [-0.3, -0.25) is 4.98 Å². The van der Waals surface area contributed by atoms with Crippen molar-refractivity contribution < 1.29 is 14.5 Å². The summed E-state index contributed by atoms with van der Waals surface area (Å²) in [7, 11) is 1.91. The molecule has 3 aromatic heterocycles. The van der Waals surface area contributed by atoms with Crippen LogP contribution < -0.4 is 4.57 Å². The van der Waals surface area contributed by atoms with Crippen LogP contribution in [0.5, 0.6) is 0 Å². The van der Waals surface area contributed by atoms with E-state index in [2.05, 4.69) is 10.1 Å². The van der Waals surface area contributed by atoms with Crippen LogP contribution in [0, 0.1) is 0 Å². The summed E-state index contributed by atoms with van der Waals surface area (Å²) in [6.45, 7) is 0. The Kier molecular flexibility index (Phi) is 3.19. The second kappa shape index (κ2) is 5.16. The van der Waals surface area contributed by atoms with E-state index >= 15 is 0 Å². The zero-order valence-corrected chi connectivity index (χ0v) is 11.3. The van der Waals surface area contributed by atoms with Gasteiger partial charge in [0.1, 0.15) is 18.3 Å². The maximum atomic E-state index is 11.4. The Morgan fingerprint density at radius 1 is 1.24 bits per heavy atom. The quantitative estimate of drug-likeness (QED) is 0.738. The summed E-state index contributed by atoms with van der Waals surface area (Å²) in [5, 5.41) is 13.7. The molecule has 0 spiro atoms. The average molecular weight is 281 g/mol. The SMILES string of the molecule is C[n+]1ccc(-n2cc(C(=O)O)c(-c3ccccn3)n2)cc1. The molecule has 21 heavy (non-hydrogen) atoms. The Morgan fingerprint density at radius 2 is 2.00 bits per heavy atom. The highest BCUT2D eigenvalue weighted by atomic mass is 16.4. The number of aromatic carboxylic acids is 1. The monoisotopic (exact) mass is 281 g/mol. The molecule has 0 amide bonds. The number of hydrogen-bond donors (Lipinski definition) is 1. The fourth-order valence-electron chi connectivity index (χ4n) is 2.00. The number of aryl methyl sites for hydroxylation is 1. The lowest BCUT2D eigenvalue weighted by molar-refractivity contribution is -0.671. The Morgan fingerprint density at radius 3 is 2.62 bits per heavy atom. The van der Waals surface area contributed by atoms with Gasteiger partial charge in [-0.15, -0.1) is 0 Å². The number of carboxylic acids is 1. The van der Waals surface area contributed by atoms with Gasteiger partial charge in [-0.1, -0.05) is 6.07 Å². The number of carbonyl (C=O) groups is 1. The molecule has 0 saturated heterocycles. The zero-order valence-electron chi connectivity index (χ0n) is 11.3. The van der Waals surface area contributed by atoms with Gasteiger partial charge in [0, 0.05) is 24.5 Å². The molecular formula is C15H13N4O2+. The maximum Gasteiger partial charge on any atom is 0.339 e. The first-order valence-electron chi connectivity index (χ1n) is 6.35. The van der Waals surface area contributed by atoms with Crippen LogP contribution in [0.3, 0.4) is 0 Å². The highest BCUT2D eigenvalue weighted by molar-refractivity contribution is 5.94. The van der Waals surface area contributed by atoms with E-state index in [-0.39, 0.29) is 5.56 Å². The molecule has 0 aliphatic rings. The summed E-state index contributed by atoms with van der Waals surface area (Å²) in [6, 6.07) is 9.04. The molecule has 0 unspecified atom stereocenters. The van der Waals surface area contributed by atoms with Crippen molar-refractivity contribution in [3.63, 3.8) is 0 Å². The Bertz CT molecular complexity index is 779. The molecule has 6 heteroatoms. The van der Waals surface area contributed by atoms with Crippen LogP contribution in [-0.2, 0) is 7.05 Å². The van der Waals surface area contributed by atoms with Gasteiger partial charge in [-0.2, -0.15) is 5.10 Å². The van der Waals surface area contributed by atoms with Crippen LogP contribution in [0.4, 0.5) is 0 Å². The molecule has 0 bridgehead atoms. The van der Waals surface area contributed by atoms with Gasteiger partial charge >= 0.3 is 5.97 Å². The molecule has 0 radical (unpaired) electrons. The van der Waals surface area contributed by atoms with Crippen LogP contribution in [0.15, 0.2) is 55.1 Å². The molecule has 0 aliphatic heterocycles. The number of carboxylic acid groups (broad SMARTS) is 1. The second-order valence-corrected chi connectivity index (χ2v) is 4.58. The Hall–Kier alpha value is -3.02. The average Bonchev–Trinajstić information content (AvgIpc) is 2.94. The molecule has 104 valence electrons. The van der Waals surface area contributed by atoms with Crippen LogP contribution in [0.1, 0.15) is 10.4 Å². The molecule has 0 aliphatic carbocycles. The fourth-order valence-corrected chi connectivity index (χ4v) is 2.00. The number of nitrogens with zero attached hydrogens (tertiary/aromatic N) is 4. The fraction of sp³-hybridized carbons (Fsp3) is 0.0667. The van der Waals surface area contributed by atoms with Crippen molar-refractivity contribution in [2.45, 2.75) is 0 Å². The molecule has 0 saturated carbocycles. The second-order valence-electron chi connectivity index (χ2n) is 4.58. The van der Waals surface area contributed by atoms with Gasteiger partial charge in [-0.25, -0.2) is 14.0 Å². The minimum Gasteiger partial charge on any atom is -0.478 e. The van der Waals surface area contributed by atoms with Gasteiger partial charge in [0.2, 0.25) is 0 Å². The smallest absolute Gasteiger partial charge is 0.339 e. The zero-order chi connectivity index (χ0) is 14.8. The Balaban J connectivity index is 2.13. The van der Waals surface area contributed by atoms with Gasteiger partial charge in [-0.05, 0) is 12.1 Å². The molecule has 3 aromatic rings. The summed E-state index contributed by atoms with van der Waals surface area (Å²) < 4.78 is 3.44. The maximum absolute atomic E-state index is 11.4. The first-order valence-corrected chi connectivity index (χ1v) is 6.35. The summed E-state index contributed by atoms with van der Waals surface area (Å²) in [5.74, 6) is -1.02. The van der Waals surface area contributed by atoms with E-state index < -0.39 is 5.97 Å². The van der Waals surface area contributed by atoms with Crippen molar-refractivity contribution in [1.82, 2.24) is 14.8 Å². The summed E-state index contributed by atoms with van der Waals surface area (Å²) >= 11 is 0. The molecule has 0 aromatic carbocycles. The summed E-state index contributed by atoms with van der Waals surface area (Å²) in [6.07, 6.45) is 6.86. The van der Waals surface area contributed by atoms with E-state index in [1.165, 1.54) is 6.20 Å². The molecule has 3 heterocycles. The predicted octanol–water partition coefficient (Wildman–Crippen LogP) is 1.46. The highest BCUT2D eigenvalue weighted by Gasteiger charge is 2.18. The first-order chi connectivity index (χ1) is 10.1. The van der Waals surface area contributed by atoms with Gasteiger partial charge < -0.3 is 5.11 Å². The lowest BCUT2D eigenvalue weighted by Gasteiger charge is -1.99. The molecule has 6 nitrogen and oxygen atoms in total. The first kappa shape index (κ1) is 13.0. The third-order valence-electron chi connectivity index (χ3n) is 3.08. The number of rotatable bonds is 3. The van der Waals surface area contributed by atoms with Crippen molar-refractivity contribution in [2.24, 2.45) is 7.05 Å². The molecule has 0 fully saturated rings. The van der Waals surface area contributed by atoms with E-state index in [1.807, 2.05) is 36.1 Å². The minimum absolute atomic E-state index is 0.127. The van der Waals surface area contributed by atoms with Gasteiger partial charge in [0.05, 0.1) is 11.4 Å².